The number of anilines is 1. The highest BCUT2D eigenvalue weighted by Crippen LogP contribution is 2.26. The van der Waals surface area contributed by atoms with Crippen LogP contribution in [0.1, 0.15) is 15.2 Å². The highest BCUT2D eigenvalue weighted by Gasteiger charge is 2.12. The van der Waals surface area contributed by atoms with Gasteiger partial charge in [0.05, 0.1) is 18.0 Å². The van der Waals surface area contributed by atoms with Crippen molar-refractivity contribution in [2.24, 2.45) is 0 Å². The summed E-state index contributed by atoms with van der Waals surface area (Å²) in [4.78, 5) is 13.0. The standard InChI is InChI=1S/C14H14ClNO2S/c1-9-12(7-14(15)19-9)13(17)8-16-10-3-5-11(18-2)6-4-10/h3-7,16H,8H2,1-2H3. The summed E-state index contributed by atoms with van der Waals surface area (Å²) in [7, 11) is 1.62. The first kappa shape index (κ1) is 13.9. The SMILES string of the molecule is COc1ccc(NCC(=O)c2cc(Cl)sc2C)cc1. The number of ketones is 1. The largest absolute Gasteiger partial charge is 0.497 e. The van der Waals surface area contributed by atoms with Gasteiger partial charge in [-0.3, -0.25) is 4.79 Å². The van der Waals surface area contributed by atoms with Crippen molar-refractivity contribution < 1.29 is 9.53 Å². The van der Waals surface area contributed by atoms with Crippen LogP contribution in [-0.2, 0) is 0 Å². The number of rotatable bonds is 5. The predicted octanol–water partition coefficient (Wildman–Crippen LogP) is 4.01. The summed E-state index contributed by atoms with van der Waals surface area (Å²) in [6, 6.07) is 9.16. The first-order valence-corrected chi connectivity index (χ1v) is 6.96. The Morgan fingerprint density at radius 3 is 2.58 bits per heavy atom. The molecule has 19 heavy (non-hydrogen) atoms. The summed E-state index contributed by atoms with van der Waals surface area (Å²) in [5.74, 6) is 0.828. The average molecular weight is 296 g/mol. The van der Waals surface area contributed by atoms with Gasteiger partial charge in [0.1, 0.15) is 5.75 Å². The van der Waals surface area contributed by atoms with Gasteiger partial charge in [0.15, 0.2) is 5.78 Å². The van der Waals surface area contributed by atoms with Crippen LogP contribution in [0.2, 0.25) is 4.34 Å². The quantitative estimate of drug-likeness (QED) is 0.847. The summed E-state index contributed by atoms with van der Waals surface area (Å²) >= 11 is 7.32. The zero-order chi connectivity index (χ0) is 13.8. The molecule has 0 amide bonds. The molecule has 0 spiro atoms. The van der Waals surface area contributed by atoms with Crippen molar-refractivity contribution in [3.8, 4) is 5.75 Å². The van der Waals surface area contributed by atoms with Gasteiger partial charge < -0.3 is 10.1 Å². The van der Waals surface area contributed by atoms with Crippen LogP contribution in [0, 0.1) is 6.92 Å². The number of thiophene rings is 1. The molecule has 0 atom stereocenters. The summed E-state index contributed by atoms with van der Waals surface area (Å²) in [6.45, 7) is 2.15. The third kappa shape index (κ3) is 3.49. The molecule has 1 aromatic heterocycles. The number of hydrogen-bond acceptors (Lipinski definition) is 4. The van der Waals surface area contributed by atoms with Crippen LogP contribution in [0.15, 0.2) is 30.3 Å². The van der Waals surface area contributed by atoms with Crippen LogP contribution in [0.3, 0.4) is 0 Å². The van der Waals surface area contributed by atoms with Crippen molar-refractivity contribution in [3.05, 3.63) is 45.1 Å². The summed E-state index contributed by atoms with van der Waals surface area (Å²) in [5.41, 5.74) is 1.57. The molecule has 0 aliphatic carbocycles. The predicted molar refractivity (Wildman–Crippen MR) is 79.9 cm³/mol. The molecule has 1 aromatic carbocycles. The molecule has 100 valence electrons. The number of ether oxygens (including phenoxy) is 1. The fourth-order valence-electron chi connectivity index (χ4n) is 1.71. The van der Waals surface area contributed by atoms with E-state index in [1.165, 1.54) is 11.3 Å². The van der Waals surface area contributed by atoms with E-state index in [0.717, 1.165) is 16.3 Å². The molecule has 0 fully saturated rings. The number of carbonyl (C=O) groups excluding carboxylic acids is 1. The Balaban J connectivity index is 1.98. The zero-order valence-corrected chi connectivity index (χ0v) is 12.3. The van der Waals surface area contributed by atoms with Crippen LogP contribution in [-0.4, -0.2) is 19.4 Å². The first-order valence-electron chi connectivity index (χ1n) is 5.77. The van der Waals surface area contributed by atoms with E-state index in [2.05, 4.69) is 5.32 Å². The van der Waals surface area contributed by atoms with E-state index in [-0.39, 0.29) is 12.3 Å². The van der Waals surface area contributed by atoms with E-state index in [9.17, 15) is 4.79 Å². The Bertz CT molecular complexity index is 578. The topological polar surface area (TPSA) is 38.3 Å². The lowest BCUT2D eigenvalue weighted by Crippen LogP contribution is -2.14. The smallest absolute Gasteiger partial charge is 0.183 e. The minimum atomic E-state index is 0.0384. The molecule has 0 bridgehead atoms. The van der Waals surface area contributed by atoms with Gasteiger partial charge in [0.25, 0.3) is 0 Å². The Kier molecular flexibility index (Phi) is 4.45. The minimum Gasteiger partial charge on any atom is -0.497 e. The maximum Gasteiger partial charge on any atom is 0.183 e. The van der Waals surface area contributed by atoms with E-state index >= 15 is 0 Å². The van der Waals surface area contributed by atoms with Gasteiger partial charge in [0.2, 0.25) is 0 Å². The highest BCUT2D eigenvalue weighted by atomic mass is 35.5. The van der Waals surface area contributed by atoms with Crippen LogP contribution in [0.5, 0.6) is 5.75 Å². The second-order valence-corrected chi connectivity index (χ2v) is 5.91. The molecule has 5 heteroatoms. The number of nitrogens with one attached hydrogen (secondary N) is 1. The summed E-state index contributed by atoms with van der Waals surface area (Å²) in [5, 5.41) is 3.09. The molecular weight excluding hydrogens is 282 g/mol. The second-order valence-electron chi connectivity index (χ2n) is 4.03. The lowest BCUT2D eigenvalue weighted by Gasteiger charge is -2.06. The number of benzene rings is 1. The molecule has 0 aliphatic rings. The van der Waals surface area contributed by atoms with E-state index in [4.69, 9.17) is 16.3 Å². The molecule has 0 saturated heterocycles. The Labute approximate surface area is 121 Å². The van der Waals surface area contributed by atoms with Crippen LogP contribution in [0.4, 0.5) is 5.69 Å². The molecule has 0 radical (unpaired) electrons. The molecule has 0 unspecified atom stereocenters. The second kappa shape index (κ2) is 6.08. The molecule has 2 aromatic rings. The zero-order valence-electron chi connectivity index (χ0n) is 10.7. The van der Waals surface area contributed by atoms with Crippen LogP contribution >= 0.6 is 22.9 Å². The van der Waals surface area contributed by atoms with Crippen molar-refractivity contribution in [1.82, 2.24) is 0 Å². The van der Waals surface area contributed by atoms with Crippen LogP contribution < -0.4 is 10.1 Å². The molecule has 3 nitrogen and oxygen atoms in total. The number of methoxy groups -OCH3 is 1. The lowest BCUT2D eigenvalue weighted by atomic mass is 10.1. The number of Topliss-reactive ketones (excluding diaryl/α,β-unsaturated/α-hetero) is 1. The average Bonchev–Trinajstić information content (AvgIpc) is 2.75. The number of hydrogen-bond donors (Lipinski definition) is 1. The van der Waals surface area contributed by atoms with Crippen LogP contribution in [0.25, 0.3) is 0 Å². The Morgan fingerprint density at radius 1 is 1.37 bits per heavy atom. The maximum absolute atomic E-state index is 12.0. The van der Waals surface area contributed by atoms with Gasteiger partial charge in [-0.2, -0.15) is 0 Å². The summed E-state index contributed by atoms with van der Waals surface area (Å²) in [6.07, 6.45) is 0. The fraction of sp³-hybridized carbons (Fsp3) is 0.214. The third-order valence-electron chi connectivity index (χ3n) is 2.73. The first-order chi connectivity index (χ1) is 9.10. The van der Waals surface area contributed by atoms with Gasteiger partial charge >= 0.3 is 0 Å². The van der Waals surface area contributed by atoms with Crippen molar-refractivity contribution in [2.45, 2.75) is 6.92 Å². The molecule has 1 heterocycles. The minimum absolute atomic E-state index is 0.0384. The highest BCUT2D eigenvalue weighted by molar-refractivity contribution is 7.16. The van der Waals surface area contributed by atoms with E-state index < -0.39 is 0 Å². The number of carbonyl (C=O) groups is 1. The maximum atomic E-state index is 12.0. The number of halogens is 1. The third-order valence-corrected chi connectivity index (χ3v) is 3.91. The normalized spacial score (nSPS) is 10.3. The molecule has 0 saturated carbocycles. The van der Waals surface area contributed by atoms with Gasteiger partial charge in [-0.1, -0.05) is 11.6 Å². The van der Waals surface area contributed by atoms with E-state index in [0.29, 0.717) is 9.90 Å². The van der Waals surface area contributed by atoms with Crippen molar-refractivity contribution in [3.63, 3.8) is 0 Å². The molecule has 2 rings (SSSR count). The van der Waals surface area contributed by atoms with Crippen molar-refractivity contribution in [1.29, 1.82) is 0 Å². The van der Waals surface area contributed by atoms with E-state index in [1.807, 2.05) is 31.2 Å². The summed E-state index contributed by atoms with van der Waals surface area (Å²) < 4.78 is 5.72. The Hall–Kier alpha value is -1.52. The molecular formula is C14H14ClNO2S. The van der Waals surface area contributed by atoms with Crippen molar-refractivity contribution >= 4 is 34.4 Å². The van der Waals surface area contributed by atoms with E-state index in [1.54, 1.807) is 13.2 Å². The van der Waals surface area contributed by atoms with Gasteiger partial charge in [-0.15, -0.1) is 11.3 Å². The van der Waals surface area contributed by atoms with Gasteiger partial charge in [0, 0.05) is 16.1 Å². The fourth-order valence-corrected chi connectivity index (χ4v) is 2.92. The monoisotopic (exact) mass is 295 g/mol. The Morgan fingerprint density at radius 2 is 2.05 bits per heavy atom. The number of aryl methyl sites for hydroxylation is 1. The lowest BCUT2D eigenvalue weighted by molar-refractivity contribution is 0.101. The van der Waals surface area contributed by atoms with Gasteiger partial charge in [-0.05, 0) is 37.3 Å². The van der Waals surface area contributed by atoms with Gasteiger partial charge in [-0.25, -0.2) is 0 Å². The molecule has 1 N–H and O–H groups in total. The molecule has 0 aliphatic heterocycles. The van der Waals surface area contributed by atoms with Crippen molar-refractivity contribution in [2.75, 3.05) is 19.0 Å².